The Balaban J connectivity index is 2.16. The Morgan fingerprint density at radius 2 is 2.20 bits per heavy atom. The lowest BCUT2D eigenvalue weighted by Gasteiger charge is -2.08. The van der Waals surface area contributed by atoms with Gasteiger partial charge in [0.05, 0.1) is 5.56 Å². The molecule has 0 aliphatic heterocycles. The molecule has 1 aliphatic carbocycles. The van der Waals surface area contributed by atoms with Crippen LogP contribution in [0.2, 0.25) is 0 Å². The van der Waals surface area contributed by atoms with Crippen molar-refractivity contribution in [3.63, 3.8) is 0 Å². The van der Waals surface area contributed by atoms with Gasteiger partial charge in [-0.05, 0) is 37.0 Å². The largest absolute Gasteiger partial charge is 0.478 e. The quantitative estimate of drug-likeness (QED) is 0.841. The highest BCUT2D eigenvalue weighted by atomic mass is 32.2. The lowest BCUT2D eigenvalue weighted by atomic mass is 10.2. The number of carboxylic acid groups (broad SMARTS) is 1. The Bertz CT molecular complexity index is 629. The van der Waals surface area contributed by atoms with Crippen molar-refractivity contribution in [2.45, 2.75) is 37.1 Å². The zero-order valence-electron chi connectivity index (χ0n) is 11.0. The van der Waals surface area contributed by atoms with E-state index < -0.39 is 26.7 Å². The number of nitrogens with one attached hydrogen (secondary N) is 1. The third-order valence-corrected chi connectivity index (χ3v) is 4.88. The van der Waals surface area contributed by atoms with Crippen molar-refractivity contribution in [1.82, 2.24) is 4.72 Å². The number of carbonyl (C=O) groups is 1. The van der Waals surface area contributed by atoms with Crippen LogP contribution >= 0.6 is 0 Å². The van der Waals surface area contributed by atoms with E-state index >= 15 is 0 Å². The van der Waals surface area contributed by atoms with Crippen LogP contribution in [0.4, 0.5) is 4.39 Å². The maximum Gasteiger partial charge on any atom is 0.335 e. The van der Waals surface area contributed by atoms with E-state index in [9.17, 15) is 17.6 Å². The number of sulfonamides is 1. The second-order valence-corrected chi connectivity index (χ2v) is 6.64. The SMILES string of the molecule is CCCC1CC1NS(=O)(=O)c1ccc(C(=O)O)cc1F. The molecule has 1 aliphatic rings. The number of halogens is 1. The van der Waals surface area contributed by atoms with Crippen LogP contribution in [0, 0.1) is 11.7 Å². The normalized spacial score (nSPS) is 21.7. The fourth-order valence-electron chi connectivity index (χ4n) is 2.20. The predicted molar refractivity (Wildman–Crippen MR) is 70.5 cm³/mol. The molecule has 0 bridgehead atoms. The second kappa shape index (κ2) is 5.49. The molecule has 0 saturated heterocycles. The summed E-state index contributed by atoms with van der Waals surface area (Å²) in [5.41, 5.74) is -0.281. The number of rotatable bonds is 6. The van der Waals surface area contributed by atoms with Crippen molar-refractivity contribution in [2.75, 3.05) is 0 Å². The first-order valence-electron chi connectivity index (χ1n) is 6.40. The molecule has 0 radical (unpaired) electrons. The lowest BCUT2D eigenvalue weighted by Crippen LogP contribution is -2.28. The van der Waals surface area contributed by atoms with Crippen molar-refractivity contribution < 1.29 is 22.7 Å². The van der Waals surface area contributed by atoms with Crippen LogP contribution in [-0.2, 0) is 10.0 Å². The van der Waals surface area contributed by atoms with Gasteiger partial charge in [-0.1, -0.05) is 13.3 Å². The van der Waals surface area contributed by atoms with Gasteiger partial charge in [-0.15, -0.1) is 0 Å². The van der Waals surface area contributed by atoms with Gasteiger partial charge in [-0.3, -0.25) is 0 Å². The van der Waals surface area contributed by atoms with Crippen molar-refractivity contribution in [2.24, 2.45) is 5.92 Å². The molecule has 1 fully saturated rings. The first kappa shape index (κ1) is 14.9. The van der Waals surface area contributed by atoms with E-state index in [0.717, 1.165) is 31.4 Å². The number of aromatic carboxylic acids is 1. The van der Waals surface area contributed by atoms with Gasteiger partial charge in [0.25, 0.3) is 0 Å². The highest BCUT2D eigenvalue weighted by Crippen LogP contribution is 2.35. The molecule has 2 rings (SSSR count). The van der Waals surface area contributed by atoms with Crippen LogP contribution in [0.3, 0.4) is 0 Å². The van der Waals surface area contributed by atoms with Crippen LogP contribution in [-0.4, -0.2) is 25.5 Å². The molecule has 0 amide bonds. The molecule has 0 spiro atoms. The first-order valence-corrected chi connectivity index (χ1v) is 7.88. The predicted octanol–water partition coefficient (Wildman–Crippen LogP) is 1.99. The van der Waals surface area contributed by atoms with Crippen LogP contribution in [0.5, 0.6) is 0 Å². The van der Waals surface area contributed by atoms with Gasteiger partial charge >= 0.3 is 5.97 Å². The zero-order chi connectivity index (χ0) is 14.9. The van der Waals surface area contributed by atoms with E-state index in [1.807, 2.05) is 6.92 Å². The van der Waals surface area contributed by atoms with Gasteiger partial charge in [0.2, 0.25) is 10.0 Å². The van der Waals surface area contributed by atoms with Crippen molar-refractivity contribution in [3.8, 4) is 0 Å². The lowest BCUT2D eigenvalue weighted by molar-refractivity contribution is 0.0696. The molecule has 1 saturated carbocycles. The topological polar surface area (TPSA) is 83.5 Å². The van der Waals surface area contributed by atoms with Crippen LogP contribution in [0.1, 0.15) is 36.5 Å². The minimum atomic E-state index is -3.94. The van der Waals surface area contributed by atoms with Crippen molar-refractivity contribution >= 4 is 16.0 Å². The summed E-state index contributed by atoms with van der Waals surface area (Å²) in [6.45, 7) is 2.02. The van der Waals surface area contributed by atoms with Gasteiger partial charge in [0, 0.05) is 6.04 Å². The third kappa shape index (κ3) is 3.16. The van der Waals surface area contributed by atoms with E-state index in [1.165, 1.54) is 0 Å². The molecule has 7 heteroatoms. The molecular weight excluding hydrogens is 285 g/mol. The van der Waals surface area contributed by atoms with Crippen molar-refractivity contribution in [3.05, 3.63) is 29.6 Å². The maximum absolute atomic E-state index is 13.7. The Hall–Kier alpha value is -1.47. The zero-order valence-corrected chi connectivity index (χ0v) is 11.8. The molecule has 2 unspecified atom stereocenters. The molecule has 5 nitrogen and oxygen atoms in total. The molecule has 0 aromatic heterocycles. The minimum Gasteiger partial charge on any atom is -0.478 e. The monoisotopic (exact) mass is 301 g/mol. The van der Waals surface area contributed by atoms with Gasteiger partial charge in [-0.2, -0.15) is 0 Å². The molecule has 1 aromatic carbocycles. The summed E-state index contributed by atoms with van der Waals surface area (Å²) in [7, 11) is -3.94. The first-order chi connectivity index (χ1) is 9.35. The smallest absolute Gasteiger partial charge is 0.335 e. The summed E-state index contributed by atoms with van der Waals surface area (Å²) >= 11 is 0. The highest BCUT2D eigenvalue weighted by Gasteiger charge is 2.39. The average Bonchev–Trinajstić information content (AvgIpc) is 3.06. The van der Waals surface area contributed by atoms with E-state index in [0.29, 0.717) is 12.0 Å². The average molecular weight is 301 g/mol. The minimum absolute atomic E-state index is 0.140. The van der Waals surface area contributed by atoms with Gasteiger partial charge in [0.1, 0.15) is 10.7 Å². The summed E-state index contributed by atoms with van der Waals surface area (Å²) in [4.78, 5) is 10.2. The van der Waals surface area contributed by atoms with E-state index in [2.05, 4.69) is 4.72 Å². The summed E-state index contributed by atoms with van der Waals surface area (Å²) in [6, 6.07) is 2.64. The standard InChI is InChI=1S/C13H16FNO4S/c1-2-3-8-7-11(8)15-20(18,19)12-5-4-9(13(16)17)6-10(12)14/h4-6,8,11,15H,2-3,7H2,1H3,(H,16,17). The van der Waals surface area contributed by atoms with Gasteiger partial charge in [-0.25, -0.2) is 22.3 Å². The summed E-state index contributed by atoms with van der Waals surface area (Å²) in [5.74, 6) is -2.03. The molecule has 1 aromatic rings. The summed E-state index contributed by atoms with van der Waals surface area (Å²) < 4.78 is 40.3. The Morgan fingerprint density at radius 3 is 2.75 bits per heavy atom. The molecule has 0 heterocycles. The fourth-order valence-corrected chi connectivity index (χ4v) is 3.57. The Labute approximate surface area is 116 Å². The number of benzene rings is 1. The Kier molecular flexibility index (Phi) is 4.10. The van der Waals surface area contributed by atoms with Crippen LogP contribution in [0.15, 0.2) is 23.1 Å². The summed E-state index contributed by atoms with van der Waals surface area (Å²) in [5, 5.41) is 8.72. The molecule has 20 heavy (non-hydrogen) atoms. The van der Waals surface area contributed by atoms with Gasteiger partial charge in [0.15, 0.2) is 0 Å². The third-order valence-electron chi connectivity index (χ3n) is 3.36. The van der Waals surface area contributed by atoms with Crippen molar-refractivity contribution in [1.29, 1.82) is 0 Å². The summed E-state index contributed by atoms with van der Waals surface area (Å²) in [6.07, 6.45) is 2.68. The highest BCUT2D eigenvalue weighted by molar-refractivity contribution is 7.89. The van der Waals surface area contributed by atoms with E-state index in [4.69, 9.17) is 5.11 Å². The van der Waals surface area contributed by atoms with E-state index in [-0.39, 0.29) is 11.6 Å². The number of hydrogen-bond acceptors (Lipinski definition) is 3. The van der Waals surface area contributed by atoms with Crippen LogP contribution < -0.4 is 4.72 Å². The molecule has 2 N–H and O–H groups in total. The number of carboxylic acids is 1. The van der Waals surface area contributed by atoms with Crippen LogP contribution in [0.25, 0.3) is 0 Å². The van der Waals surface area contributed by atoms with Gasteiger partial charge < -0.3 is 5.11 Å². The molecular formula is C13H16FNO4S. The number of hydrogen-bond donors (Lipinski definition) is 2. The second-order valence-electron chi connectivity index (χ2n) is 4.96. The fraction of sp³-hybridized carbons (Fsp3) is 0.462. The maximum atomic E-state index is 13.7. The van der Waals surface area contributed by atoms with E-state index in [1.54, 1.807) is 0 Å². The Morgan fingerprint density at radius 1 is 1.50 bits per heavy atom. The molecule has 2 atom stereocenters. The molecule has 110 valence electrons.